The van der Waals surface area contributed by atoms with Crippen molar-refractivity contribution in [3.63, 3.8) is 0 Å². The molecule has 0 spiro atoms. The van der Waals surface area contributed by atoms with Crippen molar-refractivity contribution in [2.45, 2.75) is 50.8 Å². The molecule has 2 rings (SSSR count). The molecular formula is C12H24N2O. The summed E-state index contributed by atoms with van der Waals surface area (Å²) in [6.07, 6.45) is 4.61. The second-order valence-corrected chi connectivity index (χ2v) is 5.27. The average Bonchev–Trinajstić information content (AvgIpc) is 2.20. The lowest BCUT2D eigenvalue weighted by molar-refractivity contribution is -0.0244. The second-order valence-electron chi connectivity index (χ2n) is 5.27. The number of hydrogen-bond acceptors (Lipinski definition) is 3. The number of hydrogen-bond donors (Lipinski definition) is 1. The minimum Gasteiger partial charge on any atom is -0.391 e. The molecule has 1 unspecified atom stereocenters. The number of likely N-dealkylation sites (N-methyl/N-ethyl adjacent to an activating group) is 1. The van der Waals surface area contributed by atoms with E-state index in [0.717, 1.165) is 26.1 Å². The normalized spacial score (nSPS) is 40.6. The van der Waals surface area contributed by atoms with Crippen molar-refractivity contribution in [2.24, 2.45) is 0 Å². The SMILES string of the molecule is CC1CN(C)CCN1[C@@H]1CCCC[C@H]1O. The summed E-state index contributed by atoms with van der Waals surface area (Å²) >= 11 is 0. The molecule has 2 fully saturated rings. The lowest BCUT2D eigenvalue weighted by Gasteiger charge is -2.45. The van der Waals surface area contributed by atoms with Crippen LogP contribution >= 0.6 is 0 Å². The van der Waals surface area contributed by atoms with Crippen LogP contribution in [0.3, 0.4) is 0 Å². The van der Waals surface area contributed by atoms with Gasteiger partial charge in [0, 0.05) is 31.7 Å². The molecule has 2 aliphatic rings. The van der Waals surface area contributed by atoms with Gasteiger partial charge in [0.1, 0.15) is 0 Å². The van der Waals surface area contributed by atoms with E-state index in [1.54, 1.807) is 0 Å². The fraction of sp³-hybridized carbons (Fsp3) is 1.00. The van der Waals surface area contributed by atoms with Crippen LogP contribution in [0, 0.1) is 0 Å². The molecule has 15 heavy (non-hydrogen) atoms. The molecule has 0 aromatic carbocycles. The highest BCUT2D eigenvalue weighted by Gasteiger charge is 2.33. The monoisotopic (exact) mass is 212 g/mol. The minimum atomic E-state index is -0.0791. The summed E-state index contributed by atoms with van der Waals surface area (Å²) in [5.74, 6) is 0. The summed E-state index contributed by atoms with van der Waals surface area (Å²) in [7, 11) is 2.19. The van der Waals surface area contributed by atoms with Gasteiger partial charge in [-0.05, 0) is 26.8 Å². The van der Waals surface area contributed by atoms with E-state index in [-0.39, 0.29) is 6.10 Å². The zero-order valence-corrected chi connectivity index (χ0v) is 10.0. The maximum Gasteiger partial charge on any atom is 0.0695 e. The Bertz CT molecular complexity index is 210. The molecule has 1 aliphatic carbocycles. The van der Waals surface area contributed by atoms with Crippen LogP contribution in [0.25, 0.3) is 0 Å². The molecule has 1 N–H and O–H groups in total. The van der Waals surface area contributed by atoms with Gasteiger partial charge in [0.05, 0.1) is 6.10 Å². The molecule has 1 saturated carbocycles. The molecule has 0 amide bonds. The van der Waals surface area contributed by atoms with Gasteiger partial charge >= 0.3 is 0 Å². The van der Waals surface area contributed by atoms with Gasteiger partial charge in [0.15, 0.2) is 0 Å². The maximum absolute atomic E-state index is 10.0. The number of nitrogens with zero attached hydrogens (tertiary/aromatic N) is 2. The quantitative estimate of drug-likeness (QED) is 0.700. The Hall–Kier alpha value is -0.120. The highest BCUT2D eigenvalue weighted by molar-refractivity contribution is 4.89. The molecule has 3 atom stereocenters. The summed E-state index contributed by atoms with van der Waals surface area (Å²) in [6.45, 7) is 5.70. The fourth-order valence-electron chi connectivity index (χ4n) is 3.13. The van der Waals surface area contributed by atoms with Crippen LogP contribution < -0.4 is 0 Å². The van der Waals surface area contributed by atoms with Crippen molar-refractivity contribution in [1.29, 1.82) is 0 Å². The largest absolute Gasteiger partial charge is 0.391 e. The third-order valence-electron chi connectivity index (χ3n) is 4.00. The van der Waals surface area contributed by atoms with Gasteiger partial charge in [-0.1, -0.05) is 12.8 Å². The number of aliphatic hydroxyl groups is 1. The van der Waals surface area contributed by atoms with E-state index in [1.807, 2.05) is 0 Å². The second kappa shape index (κ2) is 4.81. The van der Waals surface area contributed by atoms with Gasteiger partial charge < -0.3 is 10.0 Å². The van der Waals surface area contributed by atoms with Crippen LogP contribution in [0.15, 0.2) is 0 Å². The van der Waals surface area contributed by atoms with Gasteiger partial charge in [-0.3, -0.25) is 4.90 Å². The average molecular weight is 212 g/mol. The predicted octanol–water partition coefficient (Wildman–Crippen LogP) is 0.926. The summed E-state index contributed by atoms with van der Waals surface area (Å²) in [5.41, 5.74) is 0. The van der Waals surface area contributed by atoms with Crippen LogP contribution in [0.4, 0.5) is 0 Å². The smallest absolute Gasteiger partial charge is 0.0695 e. The first-order valence-electron chi connectivity index (χ1n) is 6.31. The zero-order chi connectivity index (χ0) is 10.8. The molecule has 3 nitrogen and oxygen atoms in total. The lowest BCUT2D eigenvalue weighted by Crippen LogP contribution is -2.57. The molecule has 0 aromatic heterocycles. The molecule has 3 heteroatoms. The Morgan fingerprint density at radius 3 is 2.53 bits per heavy atom. The number of aliphatic hydroxyl groups excluding tert-OH is 1. The first-order valence-corrected chi connectivity index (χ1v) is 6.31. The Kier molecular flexibility index (Phi) is 3.65. The Morgan fingerprint density at radius 1 is 1.13 bits per heavy atom. The van der Waals surface area contributed by atoms with E-state index < -0.39 is 0 Å². The zero-order valence-electron chi connectivity index (χ0n) is 10.0. The summed E-state index contributed by atoms with van der Waals surface area (Å²) < 4.78 is 0. The van der Waals surface area contributed by atoms with Crippen LogP contribution in [0.1, 0.15) is 32.6 Å². The third kappa shape index (κ3) is 2.52. The standard InChI is InChI=1S/C12H24N2O/c1-10-9-13(2)7-8-14(10)11-5-3-4-6-12(11)15/h10-12,15H,3-9H2,1-2H3/t10?,11-,12-/m1/s1. The van der Waals surface area contributed by atoms with Crippen molar-refractivity contribution in [3.8, 4) is 0 Å². The van der Waals surface area contributed by atoms with Crippen molar-refractivity contribution in [2.75, 3.05) is 26.7 Å². The third-order valence-corrected chi connectivity index (χ3v) is 4.00. The van der Waals surface area contributed by atoms with E-state index in [9.17, 15) is 5.11 Å². The van der Waals surface area contributed by atoms with Crippen LogP contribution in [-0.2, 0) is 0 Å². The molecule has 0 aromatic rings. The van der Waals surface area contributed by atoms with E-state index in [2.05, 4.69) is 23.8 Å². The van der Waals surface area contributed by atoms with Gasteiger partial charge in [0.2, 0.25) is 0 Å². The van der Waals surface area contributed by atoms with E-state index in [1.165, 1.54) is 19.3 Å². The Morgan fingerprint density at radius 2 is 1.87 bits per heavy atom. The van der Waals surface area contributed by atoms with Crippen molar-refractivity contribution in [3.05, 3.63) is 0 Å². The fourth-order valence-corrected chi connectivity index (χ4v) is 3.13. The first-order chi connectivity index (χ1) is 7.18. The molecule has 1 aliphatic heterocycles. The molecule has 88 valence electrons. The summed E-state index contributed by atoms with van der Waals surface area (Å²) in [6, 6.07) is 1.03. The van der Waals surface area contributed by atoms with Crippen LogP contribution in [0.5, 0.6) is 0 Å². The van der Waals surface area contributed by atoms with Crippen molar-refractivity contribution >= 4 is 0 Å². The Labute approximate surface area is 93.1 Å². The van der Waals surface area contributed by atoms with Crippen molar-refractivity contribution < 1.29 is 5.11 Å². The molecule has 0 radical (unpaired) electrons. The van der Waals surface area contributed by atoms with Crippen LogP contribution in [0.2, 0.25) is 0 Å². The van der Waals surface area contributed by atoms with Gasteiger partial charge in [-0.2, -0.15) is 0 Å². The first kappa shape index (κ1) is 11.4. The Balaban J connectivity index is 1.96. The van der Waals surface area contributed by atoms with E-state index in [4.69, 9.17) is 0 Å². The van der Waals surface area contributed by atoms with Crippen LogP contribution in [-0.4, -0.2) is 59.8 Å². The minimum absolute atomic E-state index is 0.0791. The molecule has 0 bridgehead atoms. The highest BCUT2D eigenvalue weighted by Crippen LogP contribution is 2.26. The van der Waals surface area contributed by atoms with E-state index in [0.29, 0.717) is 12.1 Å². The highest BCUT2D eigenvalue weighted by atomic mass is 16.3. The van der Waals surface area contributed by atoms with Gasteiger partial charge in [-0.25, -0.2) is 0 Å². The summed E-state index contributed by atoms with van der Waals surface area (Å²) in [5, 5.41) is 10.0. The molecular weight excluding hydrogens is 188 g/mol. The lowest BCUT2D eigenvalue weighted by atomic mass is 9.90. The number of rotatable bonds is 1. The number of piperazine rings is 1. The van der Waals surface area contributed by atoms with Gasteiger partial charge in [-0.15, -0.1) is 0 Å². The molecule has 1 heterocycles. The van der Waals surface area contributed by atoms with E-state index >= 15 is 0 Å². The van der Waals surface area contributed by atoms with Gasteiger partial charge in [0.25, 0.3) is 0 Å². The summed E-state index contributed by atoms with van der Waals surface area (Å²) in [4.78, 5) is 4.92. The predicted molar refractivity (Wildman–Crippen MR) is 61.9 cm³/mol. The van der Waals surface area contributed by atoms with Crippen molar-refractivity contribution in [1.82, 2.24) is 9.80 Å². The topological polar surface area (TPSA) is 26.7 Å². The molecule has 1 saturated heterocycles. The maximum atomic E-state index is 10.0.